The zero-order chi connectivity index (χ0) is 23.9. The van der Waals surface area contributed by atoms with Crippen LogP contribution in [-0.4, -0.2) is 22.9 Å². The Balaban J connectivity index is 1.55. The predicted octanol–water partition coefficient (Wildman–Crippen LogP) is 7.24. The van der Waals surface area contributed by atoms with E-state index in [1.807, 2.05) is 83.8 Å². The first-order valence-electron chi connectivity index (χ1n) is 11.5. The number of hydrogen-bond donors (Lipinski definition) is 1. The molecule has 0 spiro atoms. The first-order valence-corrected chi connectivity index (χ1v) is 11.9. The lowest BCUT2D eigenvalue weighted by atomic mass is 9.93. The largest absolute Gasteiger partial charge is 0.497 e. The topological polar surface area (TPSA) is 45.3 Å². The molecule has 0 bridgehead atoms. The Morgan fingerprint density at radius 3 is 2.37 bits per heavy atom. The monoisotopic (exact) mass is 478 g/mol. The maximum absolute atomic E-state index is 13.7. The number of benzene rings is 4. The summed E-state index contributed by atoms with van der Waals surface area (Å²) in [5.41, 5.74) is 6.97. The van der Waals surface area contributed by atoms with E-state index in [-0.39, 0.29) is 11.9 Å². The highest BCUT2D eigenvalue weighted by molar-refractivity contribution is 6.30. The molecule has 1 aliphatic rings. The molecule has 0 saturated heterocycles. The fraction of sp³-hybridized carbons (Fsp3) is 0.100. The van der Waals surface area contributed by atoms with E-state index in [2.05, 4.69) is 23.2 Å². The van der Waals surface area contributed by atoms with E-state index in [1.54, 1.807) is 7.11 Å². The Morgan fingerprint density at radius 1 is 0.886 bits per heavy atom. The number of carbonyl (C=O) groups is 1. The third-order valence-corrected chi connectivity index (χ3v) is 6.97. The van der Waals surface area contributed by atoms with E-state index in [9.17, 15) is 4.79 Å². The molecule has 172 valence electrons. The predicted molar refractivity (Wildman–Crippen MR) is 140 cm³/mol. The highest BCUT2D eigenvalue weighted by Crippen LogP contribution is 2.46. The molecule has 0 saturated carbocycles. The van der Waals surface area contributed by atoms with Crippen LogP contribution in [0.5, 0.6) is 5.75 Å². The van der Waals surface area contributed by atoms with Crippen molar-refractivity contribution in [3.63, 3.8) is 0 Å². The van der Waals surface area contributed by atoms with E-state index in [4.69, 9.17) is 16.3 Å². The molecule has 1 amide bonds. The van der Waals surface area contributed by atoms with Crippen LogP contribution in [0.1, 0.15) is 33.1 Å². The molecule has 0 aliphatic carbocycles. The number of ether oxygens (including phenoxy) is 1. The molecule has 2 heterocycles. The zero-order valence-corrected chi connectivity index (χ0v) is 19.9. The number of H-pyrrole nitrogens is 1. The van der Waals surface area contributed by atoms with Gasteiger partial charge in [-0.2, -0.15) is 0 Å². The van der Waals surface area contributed by atoms with Crippen LogP contribution in [0.2, 0.25) is 5.02 Å². The first kappa shape index (κ1) is 21.5. The molecular weight excluding hydrogens is 456 g/mol. The number of nitrogens with zero attached hydrogens (tertiary/aromatic N) is 1. The van der Waals surface area contributed by atoms with Gasteiger partial charge in [0.2, 0.25) is 0 Å². The van der Waals surface area contributed by atoms with Crippen molar-refractivity contribution in [2.24, 2.45) is 0 Å². The minimum Gasteiger partial charge on any atom is -0.497 e. The molecule has 4 nitrogen and oxygen atoms in total. The number of fused-ring (bicyclic) bond motifs is 2. The number of aromatic amines is 1. The number of methoxy groups -OCH3 is 1. The van der Waals surface area contributed by atoms with Gasteiger partial charge in [0.15, 0.2) is 0 Å². The summed E-state index contributed by atoms with van der Waals surface area (Å²) in [6.45, 7) is 0.488. The van der Waals surface area contributed by atoms with Crippen molar-refractivity contribution in [2.45, 2.75) is 12.6 Å². The van der Waals surface area contributed by atoms with Gasteiger partial charge in [0, 0.05) is 33.6 Å². The van der Waals surface area contributed by atoms with Crippen molar-refractivity contribution in [1.29, 1.82) is 0 Å². The SMILES string of the molecule is COc1ccc(CN2C(=O)c3ccccc3C2c2c(-c3ccc(Cl)cc3)[nH]c3ccccc23)cc1. The van der Waals surface area contributed by atoms with Crippen LogP contribution < -0.4 is 4.74 Å². The van der Waals surface area contributed by atoms with Crippen LogP contribution in [0, 0.1) is 0 Å². The van der Waals surface area contributed by atoms with E-state index < -0.39 is 0 Å². The number of carbonyl (C=O) groups excluding carboxylic acids is 1. The summed E-state index contributed by atoms with van der Waals surface area (Å²) in [6, 6.07) is 31.7. The summed E-state index contributed by atoms with van der Waals surface area (Å²) in [7, 11) is 1.65. The fourth-order valence-corrected chi connectivity index (χ4v) is 5.19. The van der Waals surface area contributed by atoms with Crippen LogP contribution in [0.3, 0.4) is 0 Å². The highest BCUT2D eigenvalue weighted by atomic mass is 35.5. The van der Waals surface area contributed by atoms with E-state index in [1.165, 1.54) is 0 Å². The Labute approximate surface area is 208 Å². The Bertz CT molecular complexity index is 1540. The molecule has 5 aromatic rings. The third-order valence-electron chi connectivity index (χ3n) is 6.72. The van der Waals surface area contributed by atoms with Gasteiger partial charge in [0.25, 0.3) is 5.91 Å². The molecule has 0 radical (unpaired) electrons. The zero-order valence-electron chi connectivity index (χ0n) is 19.2. The second-order valence-corrected chi connectivity index (χ2v) is 9.17. The summed E-state index contributed by atoms with van der Waals surface area (Å²) in [5.74, 6) is 0.830. The molecule has 1 aliphatic heterocycles. The third kappa shape index (κ3) is 3.67. The molecule has 5 heteroatoms. The van der Waals surface area contributed by atoms with Crippen LogP contribution in [-0.2, 0) is 6.54 Å². The fourth-order valence-electron chi connectivity index (χ4n) is 5.06. The number of para-hydroxylation sites is 1. The Morgan fingerprint density at radius 2 is 1.60 bits per heavy atom. The Hall–Kier alpha value is -4.02. The lowest BCUT2D eigenvalue weighted by Gasteiger charge is -2.27. The number of rotatable bonds is 5. The van der Waals surface area contributed by atoms with Gasteiger partial charge in [-0.25, -0.2) is 0 Å². The molecule has 6 rings (SSSR count). The van der Waals surface area contributed by atoms with Crippen LogP contribution >= 0.6 is 11.6 Å². The summed E-state index contributed by atoms with van der Waals surface area (Å²) in [5, 5.41) is 1.79. The van der Waals surface area contributed by atoms with Crippen LogP contribution in [0.25, 0.3) is 22.2 Å². The summed E-state index contributed by atoms with van der Waals surface area (Å²) >= 11 is 6.19. The maximum atomic E-state index is 13.7. The highest BCUT2D eigenvalue weighted by Gasteiger charge is 2.40. The van der Waals surface area contributed by atoms with Gasteiger partial charge in [-0.05, 0) is 53.1 Å². The molecular formula is C30H23ClN2O2. The standard InChI is InChI=1S/C30H23ClN2O2/c1-35-22-16-10-19(11-17-22)18-33-29(23-6-2-3-7-24(23)30(33)34)27-25-8-4-5-9-26(25)32-28(27)20-12-14-21(31)15-13-20/h2-17,29,32H,18H2,1H3. The summed E-state index contributed by atoms with van der Waals surface area (Å²) in [6.07, 6.45) is 0. The van der Waals surface area contributed by atoms with Gasteiger partial charge in [0.1, 0.15) is 5.75 Å². The van der Waals surface area contributed by atoms with Crippen molar-refractivity contribution >= 4 is 28.4 Å². The number of nitrogens with one attached hydrogen (secondary N) is 1. The molecule has 35 heavy (non-hydrogen) atoms. The Kier molecular flexibility index (Phi) is 5.31. The molecule has 0 fully saturated rings. The lowest BCUT2D eigenvalue weighted by molar-refractivity contribution is 0.0737. The van der Waals surface area contributed by atoms with Crippen molar-refractivity contribution in [2.75, 3.05) is 7.11 Å². The van der Waals surface area contributed by atoms with Gasteiger partial charge in [0.05, 0.1) is 18.8 Å². The quantitative estimate of drug-likeness (QED) is 0.289. The van der Waals surface area contributed by atoms with Crippen molar-refractivity contribution in [3.05, 3.63) is 124 Å². The van der Waals surface area contributed by atoms with Gasteiger partial charge >= 0.3 is 0 Å². The minimum atomic E-state index is -0.234. The van der Waals surface area contributed by atoms with E-state index in [0.29, 0.717) is 11.6 Å². The average Bonchev–Trinajstić information content (AvgIpc) is 3.40. The number of amides is 1. The van der Waals surface area contributed by atoms with Gasteiger partial charge in [-0.3, -0.25) is 4.79 Å². The number of hydrogen-bond acceptors (Lipinski definition) is 2. The molecule has 1 N–H and O–H groups in total. The van der Waals surface area contributed by atoms with Crippen LogP contribution in [0.4, 0.5) is 0 Å². The second kappa shape index (κ2) is 8.64. The first-order chi connectivity index (χ1) is 17.1. The van der Waals surface area contributed by atoms with Gasteiger partial charge < -0.3 is 14.6 Å². The van der Waals surface area contributed by atoms with Crippen molar-refractivity contribution in [3.8, 4) is 17.0 Å². The van der Waals surface area contributed by atoms with E-state index >= 15 is 0 Å². The normalized spacial score (nSPS) is 15.0. The lowest BCUT2D eigenvalue weighted by Crippen LogP contribution is -2.28. The number of aromatic nitrogens is 1. The minimum absolute atomic E-state index is 0.0359. The number of halogens is 1. The van der Waals surface area contributed by atoms with E-state index in [0.717, 1.165) is 50.2 Å². The van der Waals surface area contributed by atoms with Crippen molar-refractivity contribution < 1.29 is 9.53 Å². The molecule has 4 aromatic carbocycles. The second-order valence-electron chi connectivity index (χ2n) is 8.74. The van der Waals surface area contributed by atoms with Gasteiger partial charge in [-0.15, -0.1) is 0 Å². The smallest absolute Gasteiger partial charge is 0.255 e. The van der Waals surface area contributed by atoms with Gasteiger partial charge in [-0.1, -0.05) is 72.3 Å². The van der Waals surface area contributed by atoms with Crippen molar-refractivity contribution in [1.82, 2.24) is 9.88 Å². The molecule has 1 atom stereocenters. The average molecular weight is 479 g/mol. The summed E-state index contributed by atoms with van der Waals surface area (Å²) in [4.78, 5) is 19.3. The summed E-state index contributed by atoms with van der Waals surface area (Å²) < 4.78 is 5.32. The van der Waals surface area contributed by atoms with Crippen LogP contribution in [0.15, 0.2) is 97.1 Å². The molecule has 1 aromatic heterocycles. The molecule has 1 unspecified atom stereocenters. The maximum Gasteiger partial charge on any atom is 0.255 e.